The van der Waals surface area contributed by atoms with Gasteiger partial charge in [-0.05, 0) is 67.3 Å². The molecule has 0 saturated heterocycles. The Labute approximate surface area is 213 Å². The van der Waals surface area contributed by atoms with Crippen LogP contribution in [0.2, 0.25) is 0 Å². The smallest absolute Gasteiger partial charge is 0.412 e. The molecule has 0 unspecified atom stereocenters. The van der Waals surface area contributed by atoms with E-state index < -0.39 is 6.09 Å². The molecule has 6 rings (SSSR count). The number of benzene rings is 2. The van der Waals surface area contributed by atoms with Crippen molar-refractivity contribution in [2.75, 3.05) is 11.5 Å². The van der Waals surface area contributed by atoms with Crippen molar-refractivity contribution in [3.05, 3.63) is 85.2 Å². The Balaban J connectivity index is 1.38. The van der Waals surface area contributed by atoms with Crippen molar-refractivity contribution >= 4 is 23.4 Å². The molecule has 1 N–H and O–H groups in total. The number of hydrogen-bond donors (Lipinski definition) is 1. The molecule has 4 aromatic rings. The molecule has 8 nitrogen and oxygen atoms in total. The second kappa shape index (κ2) is 9.73. The Morgan fingerprint density at radius 3 is 2.51 bits per heavy atom. The number of carbonyl (C=O) groups is 2. The largest absolute Gasteiger partial charge is 0.466 e. The minimum absolute atomic E-state index is 0.123. The van der Waals surface area contributed by atoms with E-state index in [2.05, 4.69) is 10.3 Å². The van der Waals surface area contributed by atoms with E-state index in [4.69, 9.17) is 14.5 Å². The lowest BCUT2D eigenvalue weighted by molar-refractivity contribution is -0.120. The minimum atomic E-state index is -0.442. The van der Waals surface area contributed by atoms with Crippen LogP contribution in [0.5, 0.6) is 11.6 Å². The minimum Gasteiger partial charge on any atom is -0.466 e. The summed E-state index contributed by atoms with van der Waals surface area (Å²) in [4.78, 5) is 35.6. The molecule has 37 heavy (non-hydrogen) atoms. The van der Waals surface area contributed by atoms with Gasteiger partial charge >= 0.3 is 6.09 Å². The zero-order valence-corrected chi connectivity index (χ0v) is 20.0. The maximum Gasteiger partial charge on any atom is 0.412 e. The van der Waals surface area contributed by atoms with Crippen LogP contribution in [0, 0.1) is 0 Å². The molecule has 2 aromatic carbocycles. The molecule has 1 aliphatic carbocycles. The van der Waals surface area contributed by atoms with Crippen molar-refractivity contribution < 1.29 is 19.1 Å². The molecule has 0 spiro atoms. The van der Waals surface area contributed by atoms with Crippen molar-refractivity contribution in [2.45, 2.75) is 25.3 Å². The lowest BCUT2D eigenvalue weighted by Gasteiger charge is -2.29. The summed E-state index contributed by atoms with van der Waals surface area (Å²) in [6.07, 6.45) is 5.98. The first-order valence-electron chi connectivity index (χ1n) is 12.2. The molecule has 3 heterocycles. The van der Waals surface area contributed by atoms with E-state index in [1.165, 1.54) is 0 Å². The first-order chi connectivity index (χ1) is 18.2. The van der Waals surface area contributed by atoms with Gasteiger partial charge in [0, 0.05) is 23.4 Å². The molecule has 0 atom stereocenters. The van der Waals surface area contributed by atoms with E-state index in [0.717, 1.165) is 36.0 Å². The van der Waals surface area contributed by atoms with Gasteiger partial charge in [0.15, 0.2) is 6.61 Å². The summed E-state index contributed by atoms with van der Waals surface area (Å²) >= 11 is 0. The van der Waals surface area contributed by atoms with E-state index in [1.54, 1.807) is 35.5 Å². The summed E-state index contributed by atoms with van der Waals surface area (Å²) in [7, 11) is 0. The fourth-order valence-corrected chi connectivity index (χ4v) is 4.44. The quantitative estimate of drug-likeness (QED) is 0.395. The first kappa shape index (κ1) is 22.7. The summed E-state index contributed by atoms with van der Waals surface area (Å²) in [5.74, 6) is 0.610. The summed E-state index contributed by atoms with van der Waals surface area (Å²) < 4.78 is 11.2. The summed E-state index contributed by atoms with van der Waals surface area (Å²) in [6, 6.07) is 22.8. The predicted octanol–water partition coefficient (Wildman–Crippen LogP) is 5.51. The Morgan fingerprint density at radius 2 is 1.81 bits per heavy atom. The maximum absolute atomic E-state index is 12.9. The molecular weight excluding hydrogens is 468 g/mol. The second-order valence-corrected chi connectivity index (χ2v) is 8.99. The standard InChI is InChI=1S/C29H24N4O4/c34-26-18-36-28-25(33(26)22-10-5-15-30-17-22)16-24(19-6-2-1-3-7-19)27(32-28)20-11-13-23(14-12-20)37-29(35)31-21-8-4-9-21/h1-3,5-7,10-17,21H,4,8-9,18H2,(H,31,35). The Kier molecular flexibility index (Phi) is 5.98. The number of aromatic nitrogens is 2. The fourth-order valence-electron chi connectivity index (χ4n) is 4.44. The topological polar surface area (TPSA) is 93.6 Å². The SMILES string of the molecule is O=C(NC1CCC1)Oc1ccc(-c2nc3c(cc2-c2ccccc2)N(c2cccnc2)C(=O)CO3)cc1. The molecule has 1 saturated carbocycles. The molecule has 2 aromatic heterocycles. The molecule has 2 aliphatic rings. The Bertz CT molecular complexity index is 1440. The van der Waals surface area contributed by atoms with Crippen LogP contribution in [0.15, 0.2) is 85.2 Å². The highest BCUT2D eigenvalue weighted by atomic mass is 16.6. The van der Waals surface area contributed by atoms with Crippen LogP contribution in [0.4, 0.5) is 16.2 Å². The molecule has 1 aliphatic heterocycles. The Hall–Kier alpha value is -4.72. The Morgan fingerprint density at radius 1 is 1.00 bits per heavy atom. The number of hydrogen-bond acceptors (Lipinski definition) is 6. The average molecular weight is 493 g/mol. The highest BCUT2D eigenvalue weighted by molar-refractivity contribution is 6.05. The molecule has 0 bridgehead atoms. The third-order valence-electron chi connectivity index (χ3n) is 6.55. The van der Waals surface area contributed by atoms with Crippen LogP contribution in [0.1, 0.15) is 19.3 Å². The highest BCUT2D eigenvalue weighted by Gasteiger charge is 2.30. The van der Waals surface area contributed by atoms with Crippen molar-refractivity contribution in [1.82, 2.24) is 15.3 Å². The normalized spacial score (nSPS) is 14.8. The van der Waals surface area contributed by atoms with Crippen LogP contribution in [-0.2, 0) is 4.79 Å². The van der Waals surface area contributed by atoms with Crippen LogP contribution in [0.3, 0.4) is 0 Å². The molecule has 0 radical (unpaired) electrons. The van der Waals surface area contributed by atoms with Gasteiger partial charge in [-0.2, -0.15) is 0 Å². The number of amides is 2. The van der Waals surface area contributed by atoms with Crippen LogP contribution in [-0.4, -0.2) is 34.6 Å². The van der Waals surface area contributed by atoms with Gasteiger partial charge in [-0.3, -0.25) is 14.7 Å². The second-order valence-electron chi connectivity index (χ2n) is 8.99. The van der Waals surface area contributed by atoms with Gasteiger partial charge in [0.05, 0.1) is 17.6 Å². The molecule has 1 fully saturated rings. The summed E-state index contributed by atoms with van der Waals surface area (Å²) in [5, 5.41) is 2.87. The first-order valence-corrected chi connectivity index (χ1v) is 12.2. The van der Waals surface area contributed by atoms with Crippen LogP contribution < -0.4 is 19.7 Å². The lowest BCUT2D eigenvalue weighted by Crippen LogP contribution is -2.40. The number of pyridine rings is 2. The van der Waals surface area contributed by atoms with Gasteiger partial charge in [0.25, 0.3) is 5.91 Å². The number of fused-ring (bicyclic) bond motifs is 1. The number of carbonyl (C=O) groups excluding carboxylic acids is 2. The van der Waals surface area contributed by atoms with Gasteiger partial charge in [-0.25, -0.2) is 9.78 Å². The van der Waals surface area contributed by atoms with Gasteiger partial charge in [0.1, 0.15) is 11.4 Å². The van der Waals surface area contributed by atoms with Gasteiger partial charge in [-0.1, -0.05) is 30.3 Å². The van der Waals surface area contributed by atoms with Crippen molar-refractivity contribution in [3.63, 3.8) is 0 Å². The van der Waals surface area contributed by atoms with E-state index in [9.17, 15) is 9.59 Å². The van der Waals surface area contributed by atoms with Crippen molar-refractivity contribution in [3.8, 4) is 34.0 Å². The fraction of sp³-hybridized carbons (Fsp3) is 0.172. The number of ether oxygens (including phenoxy) is 2. The van der Waals surface area contributed by atoms with E-state index in [1.807, 2.05) is 54.6 Å². The molecule has 184 valence electrons. The number of anilines is 2. The third kappa shape index (κ3) is 4.61. The zero-order valence-electron chi connectivity index (χ0n) is 20.0. The zero-order chi connectivity index (χ0) is 25.2. The highest BCUT2D eigenvalue weighted by Crippen LogP contribution is 2.42. The molecular formula is C29H24N4O4. The van der Waals surface area contributed by atoms with E-state index in [0.29, 0.717) is 28.7 Å². The van der Waals surface area contributed by atoms with Gasteiger partial charge < -0.3 is 14.8 Å². The summed E-state index contributed by atoms with van der Waals surface area (Å²) in [6.45, 7) is -0.123. The number of nitrogens with zero attached hydrogens (tertiary/aromatic N) is 3. The van der Waals surface area contributed by atoms with Crippen LogP contribution >= 0.6 is 0 Å². The van der Waals surface area contributed by atoms with Crippen molar-refractivity contribution in [2.24, 2.45) is 0 Å². The van der Waals surface area contributed by atoms with E-state index in [-0.39, 0.29) is 18.6 Å². The molecule has 8 heteroatoms. The summed E-state index contributed by atoms with van der Waals surface area (Å²) in [5.41, 5.74) is 4.49. The van der Waals surface area contributed by atoms with Crippen molar-refractivity contribution in [1.29, 1.82) is 0 Å². The van der Waals surface area contributed by atoms with Gasteiger partial charge in [0.2, 0.25) is 5.88 Å². The number of rotatable bonds is 5. The van der Waals surface area contributed by atoms with E-state index >= 15 is 0 Å². The maximum atomic E-state index is 12.9. The van der Waals surface area contributed by atoms with Gasteiger partial charge in [-0.15, -0.1) is 0 Å². The predicted molar refractivity (Wildman–Crippen MR) is 139 cm³/mol. The van der Waals surface area contributed by atoms with Crippen LogP contribution in [0.25, 0.3) is 22.4 Å². The third-order valence-corrected chi connectivity index (χ3v) is 6.55. The monoisotopic (exact) mass is 492 g/mol. The number of nitrogens with one attached hydrogen (secondary N) is 1. The molecule has 2 amide bonds. The average Bonchev–Trinajstić information content (AvgIpc) is 2.91. The lowest BCUT2D eigenvalue weighted by atomic mass is 9.93.